The summed E-state index contributed by atoms with van der Waals surface area (Å²) in [6.45, 7) is 2.74. The number of carbonyl (C=O) groups excluding carboxylic acids is 1. The van der Waals surface area contributed by atoms with Crippen molar-refractivity contribution in [3.63, 3.8) is 0 Å². The van der Waals surface area contributed by atoms with E-state index in [0.717, 1.165) is 19.0 Å². The number of ether oxygens (including phenoxy) is 1. The first kappa shape index (κ1) is 22.3. The van der Waals surface area contributed by atoms with E-state index in [9.17, 15) is 19.1 Å². The Morgan fingerprint density at radius 3 is 2.64 bits per heavy atom. The molecule has 1 amide bonds. The summed E-state index contributed by atoms with van der Waals surface area (Å²) in [7, 11) is 0. The number of carboxylic acid groups (broad SMARTS) is 1. The number of hydrogen-bond donors (Lipinski definition) is 1. The van der Waals surface area contributed by atoms with Gasteiger partial charge in [0.15, 0.2) is 5.82 Å². The summed E-state index contributed by atoms with van der Waals surface area (Å²) in [5, 5.41) is 9.45. The molecule has 1 aromatic carbocycles. The van der Waals surface area contributed by atoms with Crippen molar-refractivity contribution in [2.75, 3.05) is 13.2 Å². The van der Waals surface area contributed by atoms with E-state index in [0.29, 0.717) is 30.4 Å². The molecule has 0 radical (unpaired) electrons. The van der Waals surface area contributed by atoms with Crippen LogP contribution in [-0.4, -0.2) is 56.0 Å². The largest absolute Gasteiger partial charge is 0.478 e. The second-order valence-corrected chi connectivity index (χ2v) is 8.01. The lowest BCUT2D eigenvalue weighted by Crippen LogP contribution is -2.47. The van der Waals surface area contributed by atoms with Crippen molar-refractivity contribution in [3.8, 4) is 17.3 Å². The smallest absolute Gasteiger partial charge is 0.335 e. The number of carbonyl (C=O) groups is 2. The summed E-state index contributed by atoms with van der Waals surface area (Å²) in [4.78, 5) is 39.3. The van der Waals surface area contributed by atoms with Gasteiger partial charge in [0.2, 0.25) is 5.88 Å². The number of piperidine rings is 1. The van der Waals surface area contributed by atoms with Crippen molar-refractivity contribution in [2.45, 2.75) is 25.8 Å². The molecule has 1 unspecified atom stereocenters. The van der Waals surface area contributed by atoms with Gasteiger partial charge in [0.1, 0.15) is 5.82 Å². The molecule has 8 nitrogen and oxygen atoms in total. The van der Waals surface area contributed by atoms with Gasteiger partial charge in [-0.15, -0.1) is 0 Å². The van der Waals surface area contributed by atoms with E-state index in [1.807, 2.05) is 6.92 Å². The molecule has 1 aliphatic rings. The molecule has 4 rings (SSSR count). The zero-order valence-electron chi connectivity index (χ0n) is 18.0. The lowest BCUT2D eigenvalue weighted by Gasteiger charge is -2.38. The number of halogens is 1. The van der Waals surface area contributed by atoms with Crippen LogP contribution in [0, 0.1) is 11.7 Å². The van der Waals surface area contributed by atoms with Crippen LogP contribution in [-0.2, 0) is 0 Å². The number of likely N-dealkylation sites (tertiary alicyclic amines) is 1. The molecule has 170 valence electrons. The highest BCUT2D eigenvalue weighted by molar-refractivity contribution is 6.02. The number of rotatable bonds is 6. The van der Waals surface area contributed by atoms with Crippen LogP contribution in [0.25, 0.3) is 11.4 Å². The van der Waals surface area contributed by atoms with E-state index in [-0.39, 0.29) is 29.0 Å². The number of benzene rings is 1. The molecule has 1 fully saturated rings. The van der Waals surface area contributed by atoms with Gasteiger partial charge in [0.05, 0.1) is 23.9 Å². The molecule has 0 saturated carbocycles. The van der Waals surface area contributed by atoms with Crippen molar-refractivity contribution in [2.24, 2.45) is 5.92 Å². The first-order valence-electron chi connectivity index (χ1n) is 10.6. The monoisotopic (exact) mass is 450 g/mol. The van der Waals surface area contributed by atoms with Gasteiger partial charge in [0.25, 0.3) is 5.91 Å². The molecule has 2 atom stereocenters. The number of aromatic carboxylic acids is 1. The molecule has 2 aromatic heterocycles. The lowest BCUT2D eigenvalue weighted by molar-refractivity contribution is 0.0503. The average molecular weight is 450 g/mol. The lowest BCUT2D eigenvalue weighted by atomic mass is 9.92. The van der Waals surface area contributed by atoms with Crippen molar-refractivity contribution in [3.05, 3.63) is 71.9 Å². The summed E-state index contributed by atoms with van der Waals surface area (Å²) in [5.74, 6) is -1.11. The molecule has 0 aliphatic carbocycles. The summed E-state index contributed by atoms with van der Waals surface area (Å²) < 4.78 is 18.8. The maximum atomic E-state index is 13.6. The Labute approximate surface area is 190 Å². The summed E-state index contributed by atoms with van der Waals surface area (Å²) in [6, 6.07) is 8.78. The standard InChI is InChI=1S/C24H23FN4O4/c1-15-3-4-16(14-33-21-8-6-18(25)12-28-21)13-29(15)23(30)20-11-17(24(31)32)5-7-19(20)22-26-9-2-10-27-22/h2,5-12,15-16H,3-4,13-14H2,1H3,(H,31,32)/t15-,16?/m0/s1. The topological polar surface area (TPSA) is 106 Å². The predicted molar refractivity (Wildman–Crippen MR) is 117 cm³/mol. The van der Waals surface area contributed by atoms with E-state index in [1.54, 1.807) is 29.4 Å². The molecular weight excluding hydrogens is 427 g/mol. The zero-order chi connectivity index (χ0) is 23.4. The highest BCUT2D eigenvalue weighted by Gasteiger charge is 2.32. The third-order valence-corrected chi connectivity index (χ3v) is 5.71. The van der Waals surface area contributed by atoms with E-state index >= 15 is 0 Å². The molecular formula is C24H23FN4O4. The molecule has 1 aliphatic heterocycles. The Morgan fingerprint density at radius 1 is 1.15 bits per heavy atom. The minimum absolute atomic E-state index is 0.0185. The normalized spacial score (nSPS) is 18.1. The van der Waals surface area contributed by atoms with Crippen LogP contribution in [0.2, 0.25) is 0 Å². The second-order valence-electron chi connectivity index (χ2n) is 8.01. The predicted octanol–water partition coefficient (Wildman–Crippen LogP) is 3.70. The molecule has 3 heterocycles. The van der Waals surface area contributed by atoms with Gasteiger partial charge in [-0.3, -0.25) is 4.79 Å². The van der Waals surface area contributed by atoms with Crippen molar-refractivity contribution in [1.82, 2.24) is 19.9 Å². The van der Waals surface area contributed by atoms with Crippen LogP contribution in [0.5, 0.6) is 5.88 Å². The van der Waals surface area contributed by atoms with Crippen molar-refractivity contribution in [1.29, 1.82) is 0 Å². The maximum Gasteiger partial charge on any atom is 0.335 e. The number of pyridine rings is 1. The van der Waals surface area contributed by atoms with Crippen LogP contribution in [0.1, 0.15) is 40.5 Å². The Hall–Kier alpha value is -3.88. The molecule has 0 spiro atoms. The fourth-order valence-electron chi connectivity index (χ4n) is 3.89. The summed E-state index contributed by atoms with van der Waals surface area (Å²) in [5.41, 5.74) is 0.742. The quantitative estimate of drug-likeness (QED) is 0.610. The Morgan fingerprint density at radius 2 is 1.94 bits per heavy atom. The van der Waals surface area contributed by atoms with Gasteiger partial charge in [-0.25, -0.2) is 24.1 Å². The van der Waals surface area contributed by atoms with Crippen molar-refractivity contribution >= 4 is 11.9 Å². The van der Waals surface area contributed by atoms with Crippen LogP contribution in [0.15, 0.2) is 55.0 Å². The van der Waals surface area contributed by atoms with Gasteiger partial charge in [0, 0.05) is 42.5 Å². The van der Waals surface area contributed by atoms with E-state index in [2.05, 4.69) is 15.0 Å². The van der Waals surface area contributed by atoms with Gasteiger partial charge in [-0.05, 0) is 50.1 Å². The fourth-order valence-corrected chi connectivity index (χ4v) is 3.89. The van der Waals surface area contributed by atoms with Gasteiger partial charge >= 0.3 is 5.97 Å². The van der Waals surface area contributed by atoms with Crippen LogP contribution in [0.4, 0.5) is 4.39 Å². The molecule has 1 saturated heterocycles. The number of nitrogens with zero attached hydrogens (tertiary/aromatic N) is 4. The van der Waals surface area contributed by atoms with E-state index < -0.39 is 11.8 Å². The SMILES string of the molecule is C[C@H]1CCC(COc2ccc(F)cn2)CN1C(=O)c1cc(C(=O)O)ccc1-c1ncccn1. The highest BCUT2D eigenvalue weighted by atomic mass is 19.1. The van der Waals surface area contributed by atoms with Gasteiger partial charge in [-0.2, -0.15) is 0 Å². The number of amides is 1. The van der Waals surface area contributed by atoms with Gasteiger partial charge in [-0.1, -0.05) is 0 Å². The molecule has 9 heteroatoms. The first-order valence-corrected chi connectivity index (χ1v) is 10.6. The molecule has 1 N–H and O–H groups in total. The summed E-state index contributed by atoms with van der Waals surface area (Å²) >= 11 is 0. The first-order chi connectivity index (χ1) is 15.9. The number of aromatic nitrogens is 3. The highest BCUT2D eigenvalue weighted by Crippen LogP contribution is 2.28. The van der Waals surface area contributed by atoms with Crippen molar-refractivity contribution < 1.29 is 23.8 Å². The minimum Gasteiger partial charge on any atom is -0.478 e. The van der Waals surface area contributed by atoms with Crippen LogP contribution < -0.4 is 4.74 Å². The number of hydrogen-bond acceptors (Lipinski definition) is 6. The van der Waals surface area contributed by atoms with E-state index in [4.69, 9.17) is 4.74 Å². The van der Waals surface area contributed by atoms with Crippen LogP contribution >= 0.6 is 0 Å². The third kappa shape index (κ3) is 5.14. The second kappa shape index (κ2) is 9.72. The van der Waals surface area contributed by atoms with E-state index in [1.165, 1.54) is 24.3 Å². The Balaban J connectivity index is 1.57. The third-order valence-electron chi connectivity index (χ3n) is 5.71. The maximum absolute atomic E-state index is 13.6. The Bertz CT molecular complexity index is 1140. The molecule has 3 aromatic rings. The number of carboxylic acids is 1. The molecule has 0 bridgehead atoms. The summed E-state index contributed by atoms with van der Waals surface area (Å²) in [6.07, 6.45) is 5.86. The Kier molecular flexibility index (Phi) is 6.58. The zero-order valence-corrected chi connectivity index (χ0v) is 18.0. The fraction of sp³-hybridized carbons (Fsp3) is 0.292. The average Bonchev–Trinajstić information content (AvgIpc) is 2.84. The minimum atomic E-state index is -1.12. The molecule has 33 heavy (non-hydrogen) atoms. The van der Waals surface area contributed by atoms with Gasteiger partial charge < -0.3 is 14.7 Å². The van der Waals surface area contributed by atoms with Crippen LogP contribution in [0.3, 0.4) is 0 Å².